The molecule has 0 aliphatic carbocycles. The maximum Gasteiger partial charge on any atom is 0.573 e. The molecule has 0 amide bonds. The minimum absolute atomic E-state index is 0.351. The number of halogens is 5. The molecule has 3 N–H and O–H groups in total. The predicted molar refractivity (Wildman–Crippen MR) is 51.6 cm³/mol. The highest BCUT2D eigenvalue weighted by atomic mass is 19.4. The number of carboxylic acids is 1. The highest BCUT2D eigenvalue weighted by molar-refractivity contribution is 5.72. The second-order valence-electron chi connectivity index (χ2n) is 3.34. The molecule has 0 unspecified atom stereocenters. The van der Waals surface area contributed by atoms with Crippen LogP contribution in [0.4, 0.5) is 27.8 Å². The largest absolute Gasteiger partial charge is 0.573 e. The van der Waals surface area contributed by atoms with Crippen molar-refractivity contribution in [2.24, 2.45) is 0 Å². The van der Waals surface area contributed by atoms with Crippen LogP contribution in [-0.2, 0) is 11.2 Å². The van der Waals surface area contributed by atoms with E-state index < -0.39 is 42.4 Å². The topological polar surface area (TPSA) is 85.4 Å². The molecule has 0 aliphatic heterocycles. The van der Waals surface area contributed by atoms with E-state index in [2.05, 4.69) is 9.72 Å². The molecule has 10 heteroatoms. The van der Waals surface area contributed by atoms with E-state index in [0.29, 0.717) is 6.07 Å². The number of anilines is 1. The van der Waals surface area contributed by atoms with Crippen LogP contribution in [0.2, 0.25) is 0 Å². The van der Waals surface area contributed by atoms with Gasteiger partial charge in [-0.15, -0.1) is 13.2 Å². The number of carboxylic acid groups (broad SMARTS) is 1. The number of nitrogens with two attached hydrogens (primary N) is 1. The van der Waals surface area contributed by atoms with Crippen molar-refractivity contribution in [3.63, 3.8) is 0 Å². The molecule has 1 heterocycles. The van der Waals surface area contributed by atoms with Crippen molar-refractivity contribution < 1.29 is 36.6 Å². The molecular weight excluding hydrogens is 279 g/mol. The number of carbonyl (C=O) groups is 1. The van der Waals surface area contributed by atoms with Gasteiger partial charge >= 0.3 is 12.3 Å². The summed E-state index contributed by atoms with van der Waals surface area (Å²) in [5.74, 6) is -3.27. The van der Waals surface area contributed by atoms with Gasteiger partial charge < -0.3 is 15.6 Å². The van der Waals surface area contributed by atoms with Gasteiger partial charge in [0, 0.05) is 5.56 Å². The highest BCUT2D eigenvalue weighted by Crippen LogP contribution is 2.33. The Morgan fingerprint density at radius 3 is 2.47 bits per heavy atom. The molecule has 1 aromatic rings. The number of hydrogen-bond donors (Lipinski definition) is 2. The summed E-state index contributed by atoms with van der Waals surface area (Å²) in [5.41, 5.74) is 3.54. The van der Waals surface area contributed by atoms with Crippen molar-refractivity contribution in [2.45, 2.75) is 19.2 Å². The summed E-state index contributed by atoms with van der Waals surface area (Å²) in [6, 6.07) is 0.492. The number of nitrogens with zero attached hydrogens (tertiary/aromatic N) is 1. The molecule has 0 saturated carbocycles. The summed E-state index contributed by atoms with van der Waals surface area (Å²) in [5, 5.41) is 8.50. The van der Waals surface area contributed by atoms with Crippen LogP contribution < -0.4 is 10.5 Å². The van der Waals surface area contributed by atoms with Gasteiger partial charge in [0.1, 0.15) is 5.82 Å². The summed E-state index contributed by atoms with van der Waals surface area (Å²) >= 11 is 0. The number of hydrogen-bond acceptors (Lipinski definition) is 4. The Hall–Kier alpha value is -2.13. The van der Waals surface area contributed by atoms with Crippen LogP contribution in [0.3, 0.4) is 0 Å². The lowest BCUT2D eigenvalue weighted by Crippen LogP contribution is -2.19. The summed E-state index contributed by atoms with van der Waals surface area (Å²) in [6.07, 6.45) is -9.32. The zero-order valence-electron chi connectivity index (χ0n) is 9.04. The summed E-state index contributed by atoms with van der Waals surface area (Å²) in [6.45, 7) is 0. The van der Waals surface area contributed by atoms with Crippen molar-refractivity contribution in [1.82, 2.24) is 4.98 Å². The van der Waals surface area contributed by atoms with Gasteiger partial charge in [-0.2, -0.15) is 0 Å². The van der Waals surface area contributed by atoms with Gasteiger partial charge in [-0.05, 0) is 6.07 Å². The van der Waals surface area contributed by atoms with E-state index >= 15 is 0 Å². The highest BCUT2D eigenvalue weighted by Gasteiger charge is 2.34. The Morgan fingerprint density at radius 2 is 2.05 bits per heavy atom. The van der Waals surface area contributed by atoms with Crippen molar-refractivity contribution in [2.75, 3.05) is 5.73 Å². The quantitative estimate of drug-likeness (QED) is 0.828. The predicted octanol–water partition coefficient (Wildman–Crippen LogP) is 2.13. The van der Waals surface area contributed by atoms with E-state index in [1.807, 2.05) is 0 Å². The molecule has 1 rings (SSSR count). The average Bonchev–Trinajstić information content (AvgIpc) is 2.19. The van der Waals surface area contributed by atoms with Gasteiger partial charge in [-0.3, -0.25) is 4.79 Å². The monoisotopic (exact) mass is 286 g/mol. The van der Waals surface area contributed by atoms with Gasteiger partial charge in [0.2, 0.25) is 0 Å². The molecule has 1 aromatic heterocycles. The van der Waals surface area contributed by atoms with E-state index in [-0.39, 0.29) is 5.56 Å². The maximum absolute atomic E-state index is 12.5. The van der Waals surface area contributed by atoms with Crippen molar-refractivity contribution in [3.05, 3.63) is 17.3 Å². The van der Waals surface area contributed by atoms with Crippen molar-refractivity contribution in [1.29, 1.82) is 0 Å². The van der Waals surface area contributed by atoms with Crippen LogP contribution in [0.1, 0.15) is 17.7 Å². The number of ether oxygens (including phenoxy) is 1. The van der Waals surface area contributed by atoms with Gasteiger partial charge in [0.05, 0.1) is 6.42 Å². The lowest BCUT2D eigenvalue weighted by molar-refractivity contribution is -0.275. The van der Waals surface area contributed by atoms with E-state index in [1.165, 1.54) is 0 Å². The van der Waals surface area contributed by atoms with E-state index in [9.17, 15) is 26.7 Å². The molecule has 106 valence electrons. The van der Waals surface area contributed by atoms with Crippen molar-refractivity contribution >= 4 is 11.8 Å². The van der Waals surface area contributed by atoms with Gasteiger partial charge in [-0.1, -0.05) is 0 Å². The zero-order valence-corrected chi connectivity index (χ0v) is 9.04. The smallest absolute Gasteiger partial charge is 0.481 e. The molecule has 0 saturated heterocycles. The molecule has 5 nitrogen and oxygen atoms in total. The molecule has 0 spiro atoms. The Bertz CT molecular complexity index is 489. The lowest BCUT2D eigenvalue weighted by Gasteiger charge is -2.14. The Kier molecular flexibility index (Phi) is 4.12. The van der Waals surface area contributed by atoms with Crippen LogP contribution in [0.25, 0.3) is 0 Å². The SMILES string of the molecule is Nc1nc(C(F)F)c(OC(F)(F)F)cc1CC(=O)O. The van der Waals surface area contributed by atoms with Gasteiger partial charge in [-0.25, -0.2) is 13.8 Å². The first kappa shape index (κ1) is 14.9. The first-order valence-corrected chi connectivity index (χ1v) is 4.65. The first-order chi connectivity index (χ1) is 8.60. The fraction of sp³-hybridized carbons (Fsp3) is 0.333. The summed E-state index contributed by atoms with van der Waals surface area (Å²) in [4.78, 5) is 13.5. The third-order valence-corrected chi connectivity index (χ3v) is 1.90. The standard InChI is InChI=1S/C9H7F5N2O3/c10-7(11)6-4(19-9(12,13)14)1-3(2-5(17)18)8(15)16-6/h1,7H,2H2,(H2,15,16)(H,17,18). The van der Waals surface area contributed by atoms with Gasteiger partial charge in [0.15, 0.2) is 11.4 Å². The Morgan fingerprint density at radius 1 is 1.47 bits per heavy atom. The van der Waals surface area contributed by atoms with Crippen molar-refractivity contribution in [3.8, 4) is 5.75 Å². The number of nitrogen functional groups attached to an aromatic ring is 1. The maximum atomic E-state index is 12.5. The average molecular weight is 286 g/mol. The number of alkyl halides is 5. The Labute approximate surface area is 102 Å². The fourth-order valence-corrected chi connectivity index (χ4v) is 1.23. The van der Waals surface area contributed by atoms with Crippen LogP contribution in [0.5, 0.6) is 5.75 Å². The molecular formula is C9H7F5N2O3. The third-order valence-electron chi connectivity index (χ3n) is 1.90. The summed E-state index contributed by atoms with van der Waals surface area (Å²) < 4.78 is 64.5. The molecule has 0 fully saturated rings. The molecule has 0 aromatic carbocycles. The molecule has 0 atom stereocenters. The first-order valence-electron chi connectivity index (χ1n) is 4.65. The normalized spacial score (nSPS) is 11.7. The molecule has 0 bridgehead atoms. The number of rotatable bonds is 4. The second-order valence-corrected chi connectivity index (χ2v) is 3.34. The lowest BCUT2D eigenvalue weighted by atomic mass is 10.1. The minimum Gasteiger partial charge on any atom is -0.481 e. The Balaban J connectivity index is 3.27. The van der Waals surface area contributed by atoms with E-state index in [4.69, 9.17) is 10.8 Å². The second kappa shape index (κ2) is 5.24. The summed E-state index contributed by atoms with van der Waals surface area (Å²) in [7, 11) is 0. The number of aromatic nitrogens is 1. The fourth-order valence-electron chi connectivity index (χ4n) is 1.23. The van der Waals surface area contributed by atoms with Crippen LogP contribution in [0.15, 0.2) is 6.07 Å². The molecule has 0 aliphatic rings. The van der Waals surface area contributed by atoms with Crippen LogP contribution in [0, 0.1) is 0 Å². The third kappa shape index (κ3) is 4.23. The molecule has 19 heavy (non-hydrogen) atoms. The van der Waals surface area contributed by atoms with Gasteiger partial charge in [0.25, 0.3) is 6.43 Å². The minimum atomic E-state index is -5.21. The number of pyridine rings is 1. The van der Waals surface area contributed by atoms with Crippen LogP contribution >= 0.6 is 0 Å². The molecule has 0 radical (unpaired) electrons. The van der Waals surface area contributed by atoms with E-state index in [0.717, 1.165) is 0 Å². The van der Waals surface area contributed by atoms with Crippen LogP contribution in [-0.4, -0.2) is 22.4 Å². The number of aliphatic carboxylic acids is 1. The van der Waals surface area contributed by atoms with E-state index in [1.54, 1.807) is 0 Å². The zero-order chi connectivity index (χ0) is 14.8.